The van der Waals surface area contributed by atoms with Gasteiger partial charge in [-0.05, 0) is 49.3 Å². The van der Waals surface area contributed by atoms with Gasteiger partial charge < -0.3 is 5.32 Å². The molecule has 1 N–H and O–H groups in total. The minimum absolute atomic E-state index is 0.165. The molecule has 0 radical (unpaired) electrons. The summed E-state index contributed by atoms with van der Waals surface area (Å²) in [4.78, 5) is 0. The maximum absolute atomic E-state index is 12.0. The minimum atomic E-state index is -4.03. The van der Waals surface area contributed by atoms with Crippen molar-refractivity contribution in [2.24, 2.45) is 0 Å². The van der Waals surface area contributed by atoms with Crippen LogP contribution in [-0.2, 0) is 6.42 Å². The Morgan fingerprint density at radius 3 is 2.79 bits per heavy atom. The molecular formula is C15H20F3N. The number of hydrogen-bond acceptors (Lipinski definition) is 1. The van der Waals surface area contributed by atoms with Crippen molar-refractivity contribution < 1.29 is 13.2 Å². The van der Waals surface area contributed by atoms with Crippen LogP contribution < -0.4 is 5.32 Å². The van der Waals surface area contributed by atoms with E-state index in [1.54, 1.807) is 0 Å². The first kappa shape index (κ1) is 14.4. The van der Waals surface area contributed by atoms with Crippen molar-refractivity contribution in [2.75, 3.05) is 13.1 Å². The Kier molecular flexibility index (Phi) is 4.86. The van der Waals surface area contributed by atoms with Gasteiger partial charge in [-0.3, -0.25) is 0 Å². The largest absolute Gasteiger partial charge is 0.389 e. The molecule has 0 bridgehead atoms. The molecular weight excluding hydrogens is 251 g/mol. The van der Waals surface area contributed by atoms with E-state index in [2.05, 4.69) is 23.5 Å². The highest BCUT2D eigenvalue weighted by Crippen LogP contribution is 2.30. The molecule has 0 saturated heterocycles. The molecule has 0 aromatic heterocycles. The Labute approximate surface area is 112 Å². The Hall–Kier alpha value is -1.03. The molecule has 0 fully saturated rings. The van der Waals surface area contributed by atoms with Gasteiger partial charge in [0.05, 0.1) is 0 Å². The lowest BCUT2D eigenvalue weighted by molar-refractivity contribution is -0.135. The fourth-order valence-electron chi connectivity index (χ4n) is 2.76. The average Bonchev–Trinajstić information content (AvgIpc) is 2.37. The van der Waals surface area contributed by atoms with Crippen molar-refractivity contribution in [3.63, 3.8) is 0 Å². The molecule has 1 nitrogen and oxygen atoms in total. The number of hydrogen-bond donors (Lipinski definition) is 1. The summed E-state index contributed by atoms with van der Waals surface area (Å²) in [7, 11) is 0. The van der Waals surface area contributed by atoms with Crippen molar-refractivity contribution in [3.05, 3.63) is 35.4 Å². The van der Waals surface area contributed by atoms with E-state index in [1.165, 1.54) is 17.5 Å². The molecule has 4 heteroatoms. The van der Waals surface area contributed by atoms with E-state index in [1.807, 2.05) is 6.07 Å². The second-order valence-electron chi connectivity index (χ2n) is 5.21. The summed E-state index contributed by atoms with van der Waals surface area (Å²) in [6, 6.07) is 8.40. The van der Waals surface area contributed by atoms with Crippen LogP contribution in [0.3, 0.4) is 0 Å². The number of fused-ring (bicyclic) bond motifs is 1. The summed E-state index contributed by atoms with van der Waals surface area (Å²) < 4.78 is 36.0. The van der Waals surface area contributed by atoms with Gasteiger partial charge in [0.15, 0.2) is 0 Å². The molecule has 0 amide bonds. The number of halogens is 3. The first-order chi connectivity index (χ1) is 9.06. The maximum Gasteiger partial charge on any atom is 0.389 e. The van der Waals surface area contributed by atoms with Gasteiger partial charge >= 0.3 is 6.18 Å². The molecule has 1 aromatic carbocycles. The van der Waals surface area contributed by atoms with Crippen molar-refractivity contribution in [1.82, 2.24) is 5.32 Å². The van der Waals surface area contributed by atoms with Crippen LogP contribution in [0.4, 0.5) is 13.2 Å². The highest BCUT2D eigenvalue weighted by atomic mass is 19.4. The maximum atomic E-state index is 12.0. The summed E-state index contributed by atoms with van der Waals surface area (Å²) in [5, 5.41) is 3.17. The Morgan fingerprint density at radius 2 is 2.00 bits per heavy atom. The first-order valence-electron chi connectivity index (χ1n) is 6.91. The zero-order valence-corrected chi connectivity index (χ0v) is 11.0. The molecule has 1 unspecified atom stereocenters. The first-order valence-corrected chi connectivity index (χ1v) is 6.91. The number of benzene rings is 1. The molecule has 1 aliphatic rings. The number of aryl methyl sites for hydroxylation is 1. The zero-order chi connectivity index (χ0) is 13.7. The molecule has 0 spiro atoms. The van der Waals surface area contributed by atoms with Gasteiger partial charge in [0.1, 0.15) is 0 Å². The average molecular weight is 271 g/mol. The summed E-state index contributed by atoms with van der Waals surface area (Å²) in [5.74, 6) is 0.454. The summed E-state index contributed by atoms with van der Waals surface area (Å²) in [6.45, 7) is 1.23. The van der Waals surface area contributed by atoms with Crippen molar-refractivity contribution in [2.45, 2.75) is 44.2 Å². The molecule has 0 saturated carbocycles. The van der Waals surface area contributed by atoms with Gasteiger partial charge in [0.25, 0.3) is 0 Å². The van der Waals surface area contributed by atoms with Crippen LogP contribution in [0.1, 0.15) is 42.7 Å². The third-order valence-corrected chi connectivity index (χ3v) is 3.70. The molecule has 106 valence electrons. The Bertz CT molecular complexity index is 401. The van der Waals surface area contributed by atoms with Crippen LogP contribution in [0.25, 0.3) is 0 Å². The molecule has 0 aliphatic heterocycles. The lowest BCUT2D eigenvalue weighted by atomic mass is 9.83. The van der Waals surface area contributed by atoms with E-state index in [0.717, 1.165) is 19.4 Å². The van der Waals surface area contributed by atoms with E-state index in [9.17, 15) is 13.2 Å². The van der Waals surface area contributed by atoms with Gasteiger partial charge in [-0.25, -0.2) is 0 Å². The quantitative estimate of drug-likeness (QED) is 0.797. The zero-order valence-electron chi connectivity index (χ0n) is 11.0. The second kappa shape index (κ2) is 6.42. The lowest BCUT2D eigenvalue weighted by Gasteiger charge is -2.25. The molecule has 1 atom stereocenters. The van der Waals surface area contributed by atoms with Crippen LogP contribution in [0, 0.1) is 0 Å². The number of nitrogens with one attached hydrogen (secondary N) is 1. The van der Waals surface area contributed by atoms with E-state index in [0.29, 0.717) is 12.5 Å². The Balaban J connectivity index is 1.75. The SMILES string of the molecule is FC(F)(F)CCCNCC1CCCc2ccccc21. The Morgan fingerprint density at radius 1 is 1.21 bits per heavy atom. The van der Waals surface area contributed by atoms with Crippen LogP contribution in [0.2, 0.25) is 0 Å². The highest BCUT2D eigenvalue weighted by molar-refractivity contribution is 5.32. The van der Waals surface area contributed by atoms with Crippen LogP contribution in [0.15, 0.2) is 24.3 Å². The van der Waals surface area contributed by atoms with Gasteiger partial charge in [0.2, 0.25) is 0 Å². The third kappa shape index (κ3) is 4.53. The predicted octanol–water partition coefficient (Wildman–Crippen LogP) is 4.04. The van der Waals surface area contributed by atoms with Crippen molar-refractivity contribution in [1.29, 1.82) is 0 Å². The normalized spacial score (nSPS) is 19.2. The lowest BCUT2D eigenvalue weighted by Crippen LogP contribution is -2.26. The molecule has 19 heavy (non-hydrogen) atoms. The molecule has 1 aromatic rings. The van der Waals surface area contributed by atoms with Gasteiger partial charge in [-0.15, -0.1) is 0 Å². The third-order valence-electron chi connectivity index (χ3n) is 3.70. The van der Waals surface area contributed by atoms with E-state index < -0.39 is 12.6 Å². The predicted molar refractivity (Wildman–Crippen MR) is 70.3 cm³/mol. The molecule has 1 aliphatic carbocycles. The smallest absolute Gasteiger partial charge is 0.316 e. The summed E-state index contributed by atoms with van der Waals surface area (Å²) >= 11 is 0. The van der Waals surface area contributed by atoms with E-state index in [-0.39, 0.29) is 6.42 Å². The van der Waals surface area contributed by atoms with Crippen LogP contribution >= 0.6 is 0 Å². The second-order valence-corrected chi connectivity index (χ2v) is 5.21. The van der Waals surface area contributed by atoms with Gasteiger partial charge in [0, 0.05) is 13.0 Å². The van der Waals surface area contributed by atoms with Crippen LogP contribution in [0.5, 0.6) is 0 Å². The van der Waals surface area contributed by atoms with E-state index >= 15 is 0 Å². The van der Waals surface area contributed by atoms with E-state index in [4.69, 9.17) is 0 Å². The van der Waals surface area contributed by atoms with Crippen LogP contribution in [-0.4, -0.2) is 19.3 Å². The van der Waals surface area contributed by atoms with Crippen molar-refractivity contribution in [3.8, 4) is 0 Å². The summed E-state index contributed by atoms with van der Waals surface area (Å²) in [6.07, 6.45) is -1.13. The van der Waals surface area contributed by atoms with Crippen molar-refractivity contribution >= 4 is 0 Å². The standard InChI is InChI=1S/C15H20F3N/c16-15(17,18)9-4-10-19-11-13-7-3-6-12-5-1-2-8-14(12)13/h1-2,5,8,13,19H,3-4,6-7,9-11H2. The fourth-order valence-corrected chi connectivity index (χ4v) is 2.76. The highest BCUT2D eigenvalue weighted by Gasteiger charge is 2.26. The number of rotatable bonds is 5. The van der Waals surface area contributed by atoms with Gasteiger partial charge in [-0.2, -0.15) is 13.2 Å². The minimum Gasteiger partial charge on any atom is -0.316 e. The number of alkyl halides is 3. The summed E-state index contributed by atoms with van der Waals surface area (Å²) in [5.41, 5.74) is 2.77. The fraction of sp³-hybridized carbons (Fsp3) is 0.600. The monoisotopic (exact) mass is 271 g/mol. The van der Waals surface area contributed by atoms with Gasteiger partial charge in [-0.1, -0.05) is 24.3 Å². The molecule has 2 rings (SSSR count). The molecule has 0 heterocycles. The topological polar surface area (TPSA) is 12.0 Å².